The van der Waals surface area contributed by atoms with Crippen molar-refractivity contribution in [3.05, 3.63) is 101 Å². The molecule has 0 unspecified atom stereocenters. The Bertz CT molecular complexity index is 1040. The van der Waals surface area contributed by atoms with E-state index in [0.29, 0.717) is 33.5 Å². The number of imide groups is 1. The average Bonchev–Trinajstić information content (AvgIpc) is 2.98. The number of nitrogens with zero attached hydrogens (tertiary/aromatic N) is 1. The van der Waals surface area contributed by atoms with Crippen LogP contribution in [0.1, 0.15) is 42.2 Å². The van der Waals surface area contributed by atoms with Crippen LogP contribution in [0.15, 0.2) is 72.8 Å². The largest absolute Gasteiger partial charge is 0.289 e. The lowest BCUT2D eigenvalue weighted by atomic mass is 10.0. The number of hydrogen-bond donors (Lipinski definition) is 0. The maximum absolute atomic E-state index is 12.7. The van der Waals surface area contributed by atoms with Crippen LogP contribution >= 0.6 is 11.6 Å². The summed E-state index contributed by atoms with van der Waals surface area (Å²) in [6.07, 6.45) is 0. The van der Waals surface area contributed by atoms with Gasteiger partial charge in [-0.1, -0.05) is 42.5 Å². The molecule has 4 nitrogen and oxygen atoms in total. The van der Waals surface area contributed by atoms with Crippen LogP contribution in [0, 0.1) is 0 Å². The van der Waals surface area contributed by atoms with Gasteiger partial charge in [-0.25, -0.2) is 4.90 Å². The number of amides is 2. The zero-order valence-electron chi connectivity index (χ0n) is 14.2. The van der Waals surface area contributed by atoms with Gasteiger partial charge < -0.3 is 0 Å². The Morgan fingerprint density at radius 1 is 0.778 bits per heavy atom. The predicted molar refractivity (Wildman–Crippen MR) is 103 cm³/mol. The second-order valence-electron chi connectivity index (χ2n) is 6.16. The van der Waals surface area contributed by atoms with Gasteiger partial charge in [-0.05, 0) is 35.9 Å². The van der Waals surface area contributed by atoms with Gasteiger partial charge in [0, 0.05) is 17.0 Å². The number of benzene rings is 3. The molecular weight excluding hydrogens is 362 g/mol. The van der Waals surface area contributed by atoms with Crippen LogP contribution in [0.25, 0.3) is 0 Å². The first-order valence-corrected chi connectivity index (χ1v) is 8.91. The van der Waals surface area contributed by atoms with Gasteiger partial charge in [0.2, 0.25) is 0 Å². The molecule has 4 rings (SSSR count). The Balaban J connectivity index is 1.74. The van der Waals surface area contributed by atoms with E-state index < -0.39 is 0 Å². The summed E-state index contributed by atoms with van der Waals surface area (Å²) >= 11 is 6.08. The van der Waals surface area contributed by atoms with Crippen molar-refractivity contribution in [3.8, 4) is 0 Å². The van der Waals surface area contributed by atoms with Crippen LogP contribution in [0.5, 0.6) is 0 Å². The van der Waals surface area contributed by atoms with E-state index in [0.717, 1.165) is 4.90 Å². The summed E-state index contributed by atoms with van der Waals surface area (Å²) in [7, 11) is 0. The van der Waals surface area contributed by atoms with Gasteiger partial charge in [-0.2, -0.15) is 0 Å². The van der Waals surface area contributed by atoms with Gasteiger partial charge in [0.15, 0.2) is 5.78 Å². The average molecular weight is 376 g/mol. The topological polar surface area (TPSA) is 54.5 Å². The lowest BCUT2D eigenvalue weighted by Crippen LogP contribution is -2.30. The van der Waals surface area contributed by atoms with Crippen LogP contribution < -0.4 is 4.90 Å². The monoisotopic (exact) mass is 375 g/mol. The van der Waals surface area contributed by atoms with Crippen molar-refractivity contribution in [2.75, 3.05) is 4.90 Å². The van der Waals surface area contributed by atoms with Gasteiger partial charge in [0.1, 0.15) is 0 Å². The third kappa shape index (κ3) is 2.84. The standard InChI is InChI=1S/C22H14ClNO3/c23-13-16-12-15(20(25)14-6-2-1-3-7-14)10-11-19(16)24-21(26)17-8-4-5-9-18(17)22(24)27/h1-12H,13H2. The minimum atomic E-state index is -0.385. The smallest absolute Gasteiger partial charge is 0.266 e. The van der Waals surface area contributed by atoms with Crippen molar-refractivity contribution in [1.82, 2.24) is 0 Å². The van der Waals surface area contributed by atoms with Crippen molar-refractivity contribution in [1.29, 1.82) is 0 Å². The molecule has 0 radical (unpaired) electrons. The van der Waals surface area contributed by atoms with E-state index >= 15 is 0 Å². The number of carbonyl (C=O) groups is 3. The highest BCUT2D eigenvalue weighted by Gasteiger charge is 2.37. The lowest BCUT2D eigenvalue weighted by molar-refractivity contribution is 0.0925. The van der Waals surface area contributed by atoms with Crippen molar-refractivity contribution in [2.45, 2.75) is 5.88 Å². The second-order valence-corrected chi connectivity index (χ2v) is 6.43. The Morgan fingerprint density at radius 3 is 1.96 bits per heavy atom. The van der Waals surface area contributed by atoms with Crippen LogP contribution in [0.2, 0.25) is 0 Å². The van der Waals surface area contributed by atoms with E-state index in [4.69, 9.17) is 11.6 Å². The fourth-order valence-electron chi connectivity index (χ4n) is 3.22. The van der Waals surface area contributed by atoms with Crippen LogP contribution in [0.3, 0.4) is 0 Å². The van der Waals surface area contributed by atoms with Gasteiger partial charge >= 0.3 is 0 Å². The number of rotatable bonds is 4. The molecule has 5 heteroatoms. The number of halogens is 1. The minimum absolute atomic E-state index is 0.0681. The summed E-state index contributed by atoms with van der Waals surface area (Å²) in [5.41, 5.74) is 2.71. The molecule has 0 fully saturated rings. The summed E-state index contributed by atoms with van der Waals surface area (Å²) in [5.74, 6) is -0.845. The van der Waals surface area contributed by atoms with Crippen LogP contribution in [-0.2, 0) is 5.88 Å². The lowest BCUT2D eigenvalue weighted by Gasteiger charge is -2.18. The molecule has 0 spiro atoms. The molecule has 0 aliphatic carbocycles. The highest BCUT2D eigenvalue weighted by Crippen LogP contribution is 2.32. The molecule has 1 heterocycles. The molecular formula is C22H14ClNO3. The third-order valence-corrected chi connectivity index (χ3v) is 4.84. The highest BCUT2D eigenvalue weighted by atomic mass is 35.5. The zero-order valence-corrected chi connectivity index (χ0v) is 14.9. The maximum Gasteiger partial charge on any atom is 0.266 e. The summed E-state index contributed by atoms with van der Waals surface area (Å²) in [5, 5.41) is 0. The number of anilines is 1. The fraction of sp³-hybridized carbons (Fsp3) is 0.0455. The fourth-order valence-corrected chi connectivity index (χ4v) is 3.43. The van der Waals surface area contributed by atoms with Gasteiger partial charge in [0.05, 0.1) is 16.8 Å². The molecule has 132 valence electrons. The molecule has 0 saturated carbocycles. The Morgan fingerprint density at radius 2 is 1.37 bits per heavy atom. The van der Waals surface area contributed by atoms with E-state index in [1.807, 2.05) is 6.07 Å². The quantitative estimate of drug-likeness (QED) is 0.384. The van der Waals surface area contributed by atoms with E-state index in [1.165, 1.54) is 0 Å². The van der Waals surface area contributed by atoms with Gasteiger partial charge in [0.25, 0.3) is 11.8 Å². The molecule has 1 aliphatic rings. The van der Waals surface area contributed by atoms with E-state index in [9.17, 15) is 14.4 Å². The summed E-state index contributed by atoms with van der Waals surface area (Å²) in [4.78, 5) is 39.2. The third-order valence-electron chi connectivity index (χ3n) is 4.56. The first-order valence-electron chi connectivity index (χ1n) is 8.38. The first kappa shape index (κ1) is 17.2. The first-order chi connectivity index (χ1) is 13.1. The molecule has 27 heavy (non-hydrogen) atoms. The molecule has 2 amide bonds. The molecule has 3 aromatic rings. The van der Waals surface area contributed by atoms with E-state index in [-0.39, 0.29) is 23.5 Å². The number of carbonyl (C=O) groups excluding carboxylic acids is 3. The number of hydrogen-bond acceptors (Lipinski definition) is 3. The van der Waals surface area contributed by atoms with E-state index in [2.05, 4.69) is 0 Å². The molecule has 0 aromatic heterocycles. The van der Waals surface area contributed by atoms with Gasteiger partial charge in [-0.3, -0.25) is 14.4 Å². The maximum atomic E-state index is 12.7. The van der Waals surface area contributed by atoms with Crippen LogP contribution in [-0.4, -0.2) is 17.6 Å². The Kier molecular flexibility index (Phi) is 4.34. The Hall–Kier alpha value is -3.24. The van der Waals surface area contributed by atoms with Crippen molar-refractivity contribution < 1.29 is 14.4 Å². The molecule has 0 atom stereocenters. The number of ketones is 1. The molecule has 0 saturated heterocycles. The second kappa shape index (κ2) is 6.82. The number of alkyl halides is 1. The SMILES string of the molecule is O=C(c1ccccc1)c1ccc(N2C(=O)c3ccccc3C2=O)c(CCl)c1. The van der Waals surface area contributed by atoms with Crippen molar-refractivity contribution >= 4 is 34.9 Å². The predicted octanol–water partition coefficient (Wildman–Crippen LogP) is 4.46. The van der Waals surface area contributed by atoms with E-state index in [1.54, 1.807) is 66.7 Å². The van der Waals surface area contributed by atoms with Crippen LogP contribution in [0.4, 0.5) is 5.69 Å². The minimum Gasteiger partial charge on any atom is -0.289 e. The molecule has 3 aromatic carbocycles. The zero-order chi connectivity index (χ0) is 19.0. The number of fused-ring (bicyclic) bond motifs is 1. The van der Waals surface area contributed by atoms with Crippen molar-refractivity contribution in [2.24, 2.45) is 0 Å². The summed E-state index contributed by atoms with van der Waals surface area (Å²) in [6.45, 7) is 0. The molecule has 0 N–H and O–H groups in total. The highest BCUT2D eigenvalue weighted by molar-refractivity contribution is 6.35. The molecule has 0 bridgehead atoms. The van der Waals surface area contributed by atoms with Gasteiger partial charge in [-0.15, -0.1) is 11.6 Å². The molecule has 1 aliphatic heterocycles. The van der Waals surface area contributed by atoms with Crippen molar-refractivity contribution in [3.63, 3.8) is 0 Å². The Labute approximate surface area is 161 Å². The summed E-state index contributed by atoms with van der Waals surface area (Å²) in [6, 6.07) is 20.5. The normalized spacial score (nSPS) is 13.0. The summed E-state index contributed by atoms with van der Waals surface area (Å²) < 4.78 is 0.